The number of carbonyl (C=O) groups is 2. The van der Waals surface area contributed by atoms with Crippen LogP contribution >= 0.6 is 0 Å². The maximum Gasteiger partial charge on any atom is 0.240 e. The molecule has 0 aliphatic rings. The van der Waals surface area contributed by atoms with Crippen LogP contribution in [0.15, 0.2) is 72.8 Å². The Bertz CT molecular complexity index is 1040. The summed E-state index contributed by atoms with van der Waals surface area (Å²) in [5, 5.41) is 2.55. The smallest absolute Gasteiger partial charge is 0.240 e. The van der Waals surface area contributed by atoms with Crippen LogP contribution in [0, 0.1) is 11.6 Å². The van der Waals surface area contributed by atoms with Gasteiger partial charge in [0.2, 0.25) is 11.8 Å². The van der Waals surface area contributed by atoms with E-state index in [4.69, 9.17) is 10.5 Å². The van der Waals surface area contributed by atoms with Gasteiger partial charge in [-0.15, -0.1) is 0 Å². The first-order valence-corrected chi connectivity index (χ1v) is 9.69. The molecule has 160 valence electrons. The van der Waals surface area contributed by atoms with Gasteiger partial charge in [0, 0.05) is 6.42 Å². The molecule has 2 amide bonds. The number of primary amides is 1. The Morgan fingerprint density at radius 2 is 1.55 bits per heavy atom. The van der Waals surface area contributed by atoms with Crippen LogP contribution in [0.1, 0.15) is 16.7 Å². The lowest BCUT2D eigenvalue weighted by molar-refractivity contribution is -0.127. The SMILES string of the molecule is NC(=O)[C@H](Cc1ccc(OCc2ccccc2)cc1)NC(=O)Cc1ccc(F)c(F)c1. The quantitative estimate of drug-likeness (QED) is 0.553. The van der Waals surface area contributed by atoms with E-state index >= 15 is 0 Å². The Kier molecular flexibility index (Phi) is 7.32. The molecule has 3 aromatic rings. The Hall–Kier alpha value is -3.74. The molecule has 7 heteroatoms. The van der Waals surface area contributed by atoms with Gasteiger partial charge in [-0.2, -0.15) is 0 Å². The number of ether oxygens (including phenoxy) is 1. The van der Waals surface area contributed by atoms with Gasteiger partial charge in [-0.1, -0.05) is 48.5 Å². The van der Waals surface area contributed by atoms with Crippen molar-refractivity contribution in [3.05, 3.63) is 101 Å². The van der Waals surface area contributed by atoms with Crippen molar-refractivity contribution in [2.24, 2.45) is 5.73 Å². The number of hydrogen-bond acceptors (Lipinski definition) is 3. The fraction of sp³-hybridized carbons (Fsp3) is 0.167. The highest BCUT2D eigenvalue weighted by molar-refractivity contribution is 5.87. The van der Waals surface area contributed by atoms with E-state index in [1.54, 1.807) is 24.3 Å². The van der Waals surface area contributed by atoms with Gasteiger partial charge in [0.25, 0.3) is 0 Å². The summed E-state index contributed by atoms with van der Waals surface area (Å²) in [7, 11) is 0. The van der Waals surface area contributed by atoms with Gasteiger partial charge in [0.1, 0.15) is 18.4 Å². The molecule has 5 nitrogen and oxygen atoms in total. The molecule has 1 atom stereocenters. The van der Waals surface area contributed by atoms with Crippen LogP contribution in [0.3, 0.4) is 0 Å². The maximum atomic E-state index is 13.3. The molecular weight excluding hydrogens is 402 g/mol. The highest BCUT2D eigenvalue weighted by Gasteiger charge is 2.19. The van der Waals surface area contributed by atoms with E-state index in [0.717, 1.165) is 23.3 Å². The molecule has 0 fully saturated rings. The van der Waals surface area contributed by atoms with Gasteiger partial charge in [0.15, 0.2) is 11.6 Å². The van der Waals surface area contributed by atoms with E-state index in [0.29, 0.717) is 17.9 Å². The Morgan fingerprint density at radius 1 is 0.871 bits per heavy atom. The summed E-state index contributed by atoms with van der Waals surface area (Å²) < 4.78 is 32.0. The van der Waals surface area contributed by atoms with Gasteiger partial charge in [-0.25, -0.2) is 8.78 Å². The van der Waals surface area contributed by atoms with Crippen LogP contribution < -0.4 is 15.8 Å². The summed E-state index contributed by atoms with van der Waals surface area (Å²) in [6.45, 7) is 0.435. The second-order valence-electron chi connectivity index (χ2n) is 7.07. The molecule has 31 heavy (non-hydrogen) atoms. The second kappa shape index (κ2) is 10.3. The number of benzene rings is 3. The third-order valence-corrected chi connectivity index (χ3v) is 4.64. The van der Waals surface area contributed by atoms with Crippen molar-refractivity contribution in [1.82, 2.24) is 5.32 Å². The lowest BCUT2D eigenvalue weighted by Crippen LogP contribution is -2.46. The second-order valence-corrected chi connectivity index (χ2v) is 7.07. The number of nitrogens with one attached hydrogen (secondary N) is 1. The maximum absolute atomic E-state index is 13.3. The predicted molar refractivity (Wildman–Crippen MR) is 112 cm³/mol. The van der Waals surface area contributed by atoms with Gasteiger partial charge in [-0.3, -0.25) is 9.59 Å². The van der Waals surface area contributed by atoms with Gasteiger partial charge >= 0.3 is 0 Å². The van der Waals surface area contributed by atoms with Crippen molar-refractivity contribution in [2.75, 3.05) is 0 Å². The van der Waals surface area contributed by atoms with Crippen molar-refractivity contribution in [3.8, 4) is 5.75 Å². The average Bonchev–Trinajstić information content (AvgIpc) is 2.76. The summed E-state index contributed by atoms with van der Waals surface area (Å²) in [5.41, 5.74) is 7.54. The fourth-order valence-electron chi connectivity index (χ4n) is 3.00. The van der Waals surface area contributed by atoms with E-state index in [9.17, 15) is 18.4 Å². The molecule has 0 heterocycles. The molecule has 3 rings (SSSR count). The summed E-state index contributed by atoms with van der Waals surface area (Å²) in [6.07, 6.45) is -0.00887. The average molecular weight is 424 g/mol. The van der Waals surface area contributed by atoms with Gasteiger partial charge in [-0.05, 0) is 41.0 Å². The Morgan fingerprint density at radius 3 is 2.19 bits per heavy atom. The molecule has 0 bridgehead atoms. The highest BCUT2D eigenvalue weighted by Crippen LogP contribution is 2.16. The standard InChI is InChI=1S/C24H22F2N2O3/c25-20-11-8-18(12-21(20)26)14-23(29)28-22(24(27)30)13-16-6-9-19(10-7-16)31-15-17-4-2-1-3-5-17/h1-12,22H,13-15H2,(H2,27,30)(H,28,29)/t22-/m0/s1. The zero-order chi connectivity index (χ0) is 22.2. The van der Waals surface area contributed by atoms with Crippen LogP contribution in [-0.2, 0) is 29.0 Å². The molecule has 0 aliphatic heterocycles. The monoisotopic (exact) mass is 424 g/mol. The minimum Gasteiger partial charge on any atom is -0.489 e. The summed E-state index contributed by atoms with van der Waals surface area (Å²) in [6, 6.07) is 19.1. The van der Waals surface area contributed by atoms with Crippen LogP contribution in [0.25, 0.3) is 0 Å². The normalized spacial score (nSPS) is 11.5. The summed E-state index contributed by atoms with van der Waals surface area (Å²) in [5.74, 6) is -2.56. The molecular formula is C24H22F2N2O3. The lowest BCUT2D eigenvalue weighted by Gasteiger charge is -2.16. The number of halogens is 2. The zero-order valence-electron chi connectivity index (χ0n) is 16.7. The number of nitrogens with two attached hydrogens (primary N) is 1. The molecule has 0 unspecified atom stereocenters. The third-order valence-electron chi connectivity index (χ3n) is 4.64. The molecule has 0 aliphatic carbocycles. The number of rotatable bonds is 9. The first-order valence-electron chi connectivity index (χ1n) is 9.69. The number of hydrogen-bond donors (Lipinski definition) is 2. The molecule has 0 saturated carbocycles. The topological polar surface area (TPSA) is 81.4 Å². The Labute approximate surface area is 178 Å². The van der Waals surface area contributed by atoms with E-state index in [1.807, 2.05) is 30.3 Å². The first-order chi connectivity index (χ1) is 14.9. The van der Waals surface area contributed by atoms with Crippen molar-refractivity contribution in [1.29, 1.82) is 0 Å². The number of amides is 2. The number of carbonyl (C=O) groups excluding carboxylic acids is 2. The van der Waals surface area contributed by atoms with Crippen LogP contribution in [0.5, 0.6) is 5.75 Å². The van der Waals surface area contributed by atoms with Crippen LogP contribution in [0.2, 0.25) is 0 Å². The minimum absolute atomic E-state index is 0.192. The van der Waals surface area contributed by atoms with Crippen molar-refractivity contribution >= 4 is 11.8 Å². The molecule has 3 aromatic carbocycles. The first kappa shape index (κ1) is 22.0. The third kappa shape index (κ3) is 6.64. The van der Waals surface area contributed by atoms with E-state index in [1.165, 1.54) is 6.07 Å². The molecule has 0 aromatic heterocycles. The molecule has 3 N–H and O–H groups in total. The van der Waals surface area contributed by atoms with Gasteiger partial charge in [0.05, 0.1) is 6.42 Å². The fourth-order valence-corrected chi connectivity index (χ4v) is 3.00. The zero-order valence-corrected chi connectivity index (χ0v) is 16.7. The van der Waals surface area contributed by atoms with Crippen LogP contribution in [0.4, 0.5) is 8.78 Å². The van der Waals surface area contributed by atoms with E-state index in [-0.39, 0.29) is 12.8 Å². The summed E-state index contributed by atoms with van der Waals surface area (Å²) >= 11 is 0. The van der Waals surface area contributed by atoms with Crippen LogP contribution in [-0.4, -0.2) is 17.9 Å². The van der Waals surface area contributed by atoms with Gasteiger partial charge < -0.3 is 15.8 Å². The lowest BCUT2D eigenvalue weighted by atomic mass is 10.0. The van der Waals surface area contributed by atoms with Crippen molar-refractivity contribution in [3.63, 3.8) is 0 Å². The van der Waals surface area contributed by atoms with Crippen molar-refractivity contribution in [2.45, 2.75) is 25.5 Å². The molecule has 0 saturated heterocycles. The largest absolute Gasteiger partial charge is 0.489 e. The predicted octanol–water partition coefficient (Wildman–Crippen LogP) is 3.30. The Balaban J connectivity index is 1.55. The molecule has 0 spiro atoms. The highest BCUT2D eigenvalue weighted by atomic mass is 19.2. The van der Waals surface area contributed by atoms with Crippen molar-refractivity contribution < 1.29 is 23.1 Å². The minimum atomic E-state index is -1.04. The molecule has 0 radical (unpaired) electrons. The van der Waals surface area contributed by atoms with E-state index < -0.39 is 29.5 Å². The van der Waals surface area contributed by atoms with E-state index in [2.05, 4.69) is 5.32 Å². The summed E-state index contributed by atoms with van der Waals surface area (Å²) in [4.78, 5) is 24.0.